The lowest BCUT2D eigenvalue weighted by Gasteiger charge is -2.35. The van der Waals surface area contributed by atoms with E-state index in [1.54, 1.807) is 40.0 Å². The van der Waals surface area contributed by atoms with Gasteiger partial charge >= 0.3 is 6.09 Å². The molecule has 1 N–H and O–H groups in total. The molecule has 1 spiro atoms. The number of amides is 1. The van der Waals surface area contributed by atoms with Gasteiger partial charge in [-0.25, -0.2) is 23.4 Å². The number of ether oxygens (including phenoxy) is 1. The van der Waals surface area contributed by atoms with Crippen molar-refractivity contribution >= 4 is 23.2 Å². The Balaban J connectivity index is 1.05. The SMILES string of the molecule is O=C1O[C@]2(CC[C@H](CNc3ccn(-c4ccccc4F)n3)CC2)CN1c1ccc2ncnn2c1. The number of aromatic nitrogens is 5. The van der Waals surface area contributed by atoms with Crippen LogP contribution in [0.25, 0.3) is 11.3 Å². The quantitative estimate of drug-likeness (QED) is 0.482. The lowest BCUT2D eigenvalue weighted by molar-refractivity contribution is 0.0148. The molecule has 6 rings (SSSR count). The Morgan fingerprint density at radius 1 is 1.15 bits per heavy atom. The van der Waals surface area contributed by atoms with Crippen molar-refractivity contribution in [3.63, 3.8) is 0 Å². The monoisotopic (exact) mass is 461 g/mol. The molecule has 1 aliphatic carbocycles. The van der Waals surface area contributed by atoms with Crippen LogP contribution < -0.4 is 10.2 Å². The summed E-state index contributed by atoms with van der Waals surface area (Å²) in [6.07, 6.45) is 8.26. The number of nitrogens with zero attached hydrogens (tertiary/aromatic N) is 6. The average Bonchev–Trinajstić information content (AvgIpc) is 3.58. The number of hydrogen-bond acceptors (Lipinski definition) is 6. The van der Waals surface area contributed by atoms with Crippen molar-refractivity contribution in [1.29, 1.82) is 0 Å². The van der Waals surface area contributed by atoms with Crippen LogP contribution >= 0.6 is 0 Å². The van der Waals surface area contributed by atoms with Crippen LogP contribution in [-0.2, 0) is 4.74 Å². The summed E-state index contributed by atoms with van der Waals surface area (Å²) in [6.45, 7) is 1.31. The minimum Gasteiger partial charge on any atom is -0.441 e. The van der Waals surface area contributed by atoms with Crippen molar-refractivity contribution in [2.24, 2.45) is 5.92 Å². The summed E-state index contributed by atoms with van der Waals surface area (Å²) < 4.78 is 23.1. The van der Waals surface area contributed by atoms with Gasteiger partial charge in [-0.15, -0.1) is 0 Å². The molecule has 1 aliphatic heterocycles. The van der Waals surface area contributed by atoms with Crippen LogP contribution in [0, 0.1) is 11.7 Å². The average molecular weight is 462 g/mol. The van der Waals surface area contributed by atoms with Crippen molar-refractivity contribution in [2.45, 2.75) is 31.3 Å². The molecule has 2 aliphatic rings. The van der Waals surface area contributed by atoms with Gasteiger partial charge in [-0.05, 0) is 55.9 Å². The Bertz CT molecular complexity index is 1340. The maximum absolute atomic E-state index is 14.0. The molecule has 4 heterocycles. The van der Waals surface area contributed by atoms with Gasteiger partial charge in [-0.3, -0.25) is 4.90 Å². The summed E-state index contributed by atoms with van der Waals surface area (Å²) >= 11 is 0. The van der Waals surface area contributed by atoms with Crippen LogP contribution in [0.5, 0.6) is 0 Å². The van der Waals surface area contributed by atoms with Crippen LogP contribution in [-0.4, -0.2) is 49.2 Å². The number of nitrogens with one attached hydrogen (secondary N) is 1. The predicted octanol–water partition coefficient (Wildman–Crippen LogP) is 4.05. The van der Waals surface area contributed by atoms with Gasteiger partial charge in [0.2, 0.25) is 0 Å². The third kappa shape index (κ3) is 3.74. The molecule has 3 aromatic heterocycles. The number of carbonyl (C=O) groups excluding carboxylic acids is 1. The van der Waals surface area contributed by atoms with Gasteiger partial charge in [-0.2, -0.15) is 10.2 Å². The van der Waals surface area contributed by atoms with E-state index in [9.17, 15) is 9.18 Å². The largest absolute Gasteiger partial charge is 0.441 e. The molecule has 1 aromatic carbocycles. The number of para-hydroxylation sites is 1. The molecule has 0 unspecified atom stereocenters. The molecule has 4 aromatic rings. The van der Waals surface area contributed by atoms with Gasteiger partial charge in [0, 0.05) is 18.8 Å². The maximum Gasteiger partial charge on any atom is 0.415 e. The van der Waals surface area contributed by atoms with E-state index < -0.39 is 5.60 Å². The van der Waals surface area contributed by atoms with E-state index in [2.05, 4.69) is 20.5 Å². The highest BCUT2D eigenvalue weighted by Crippen LogP contribution is 2.40. The summed E-state index contributed by atoms with van der Waals surface area (Å²) in [7, 11) is 0. The third-order valence-electron chi connectivity index (χ3n) is 6.82. The second-order valence-electron chi connectivity index (χ2n) is 9.01. The summed E-state index contributed by atoms with van der Waals surface area (Å²) in [5, 5.41) is 12.0. The number of hydrogen-bond donors (Lipinski definition) is 1. The zero-order chi connectivity index (χ0) is 23.1. The van der Waals surface area contributed by atoms with Crippen molar-refractivity contribution in [1.82, 2.24) is 24.4 Å². The molecule has 34 heavy (non-hydrogen) atoms. The number of rotatable bonds is 5. The fourth-order valence-electron chi connectivity index (χ4n) is 4.89. The highest BCUT2D eigenvalue weighted by molar-refractivity contribution is 5.90. The van der Waals surface area contributed by atoms with Gasteiger partial charge in [0.15, 0.2) is 5.65 Å². The van der Waals surface area contributed by atoms with E-state index in [1.807, 2.05) is 18.2 Å². The molecular formula is C24H24FN7O2. The fraction of sp³-hybridized carbons (Fsp3) is 0.333. The summed E-state index contributed by atoms with van der Waals surface area (Å²) in [6, 6.07) is 12.1. The summed E-state index contributed by atoms with van der Waals surface area (Å²) in [5.74, 6) is 0.852. The van der Waals surface area contributed by atoms with Gasteiger partial charge < -0.3 is 10.1 Å². The summed E-state index contributed by atoms with van der Waals surface area (Å²) in [4.78, 5) is 18.5. The number of fused-ring (bicyclic) bond motifs is 1. The Labute approximate surface area is 195 Å². The van der Waals surface area contributed by atoms with Crippen LogP contribution in [0.15, 0.2) is 61.2 Å². The molecule has 1 amide bonds. The molecule has 174 valence electrons. The van der Waals surface area contributed by atoms with E-state index in [0.29, 0.717) is 24.0 Å². The minimum absolute atomic E-state index is 0.309. The van der Waals surface area contributed by atoms with Gasteiger partial charge in [0.1, 0.15) is 29.3 Å². The first-order valence-corrected chi connectivity index (χ1v) is 11.4. The Morgan fingerprint density at radius 3 is 2.85 bits per heavy atom. The van der Waals surface area contributed by atoms with E-state index in [-0.39, 0.29) is 11.9 Å². The number of benzene rings is 1. The zero-order valence-electron chi connectivity index (χ0n) is 18.5. The summed E-state index contributed by atoms with van der Waals surface area (Å²) in [5.41, 5.74) is 1.47. The smallest absolute Gasteiger partial charge is 0.415 e. The van der Waals surface area contributed by atoms with Gasteiger partial charge in [0.05, 0.1) is 18.4 Å². The Kier molecular flexibility index (Phi) is 4.93. The number of carbonyl (C=O) groups is 1. The fourth-order valence-corrected chi connectivity index (χ4v) is 4.89. The van der Waals surface area contributed by atoms with Gasteiger partial charge in [-0.1, -0.05) is 12.1 Å². The Morgan fingerprint density at radius 2 is 2.00 bits per heavy atom. The molecule has 2 fully saturated rings. The molecule has 0 bridgehead atoms. The molecule has 0 radical (unpaired) electrons. The highest BCUT2D eigenvalue weighted by Gasteiger charge is 2.47. The highest BCUT2D eigenvalue weighted by atomic mass is 19.1. The second kappa shape index (κ2) is 8.12. The Hall–Kier alpha value is -3.95. The van der Waals surface area contributed by atoms with Crippen LogP contribution in [0.1, 0.15) is 25.7 Å². The minimum atomic E-state index is -0.447. The first kappa shape index (κ1) is 20.6. The van der Waals surface area contributed by atoms with Crippen LogP contribution in [0.3, 0.4) is 0 Å². The van der Waals surface area contributed by atoms with Crippen molar-refractivity contribution in [2.75, 3.05) is 23.3 Å². The molecule has 1 saturated heterocycles. The molecule has 1 saturated carbocycles. The lowest BCUT2D eigenvalue weighted by Crippen LogP contribution is -2.39. The molecule has 0 atom stereocenters. The first-order chi connectivity index (χ1) is 16.6. The number of halogens is 1. The molecule has 10 heteroatoms. The van der Waals surface area contributed by atoms with E-state index in [0.717, 1.165) is 43.6 Å². The number of pyridine rings is 1. The van der Waals surface area contributed by atoms with Gasteiger partial charge in [0.25, 0.3) is 0 Å². The second-order valence-corrected chi connectivity index (χ2v) is 9.01. The van der Waals surface area contributed by atoms with E-state index in [4.69, 9.17) is 4.74 Å². The third-order valence-corrected chi connectivity index (χ3v) is 6.82. The van der Waals surface area contributed by atoms with E-state index >= 15 is 0 Å². The van der Waals surface area contributed by atoms with Crippen molar-refractivity contribution in [3.8, 4) is 5.69 Å². The predicted molar refractivity (Wildman–Crippen MR) is 124 cm³/mol. The van der Waals surface area contributed by atoms with E-state index in [1.165, 1.54) is 17.1 Å². The van der Waals surface area contributed by atoms with Crippen LogP contribution in [0.2, 0.25) is 0 Å². The topological polar surface area (TPSA) is 89.6 Å². The normalized spacial score (nSPS) is 22.4. The zero-order valence-corrected chi connectivity index (χ0v) is 18.5. The lowest BCUT2D eigenvalue weighted by atomic mass is 9.78. The van der Waals surface area contributed by atoms with Crippen molar-refractivity contribution in [3.05, 3.63) is 67.0 Å². The molecule has 9 nitrogen and oxygen atoms in total. The standard InChI is InChI=1S/C24H24FN7O2/c25-19-3-1-2-4-20(19)31-12-9-21(29-31)26-13-17-7-10-24(11-8-17)15-30(23(33)34-24)18-5-6-22-27-16-28-32(22)14-18/h1-6,9,12,14,16-17H,7-8,10-11,13,15H2,(H,26,29)/t17-,24-. The first-order valence-electron chi connectivity index (χ1n) is 11.4. The number of anilines is 2. The van der Waals surface area contributed by atoms with Crippen LogP contribution in [0.4, 0.5) is 20.7 Å². The van der Waals surface area contributed by atoms with Crippen molar-refractivity contribution < 1.29 is 13.9 Å². The molecular weight excluding hydrogens is 437 g/mol. The maximum atomic E-state index is 14.0.